The Bertz CT molecular complexity index is 834. The summed E-state index contributed by atoms with van der Waals surface area (Å²) < 4.78 is 38.0. The third kappa shape index (κ3) is 5.01. The molecule has 0 fully saturated rings. The summed E-state index contributed by atoms with van der Waals surface area (Å²) in [7, 11) is -0.389. The van der Waals surface area contributed by atoms with Gasteiger partial charge < -0.3 is 11.1 Å². The van der Waals surface area contributed by atoms with Crippen molar-refractivity contribution in [2.24, 2.45) is 5.73 Å². The summed E-state index contributed by atoms with van der Waals surface area (Å²) in [5, 5.41) is 2.97. The van der Waals surface area contributed by atoms with Crippen LogP contribution in [0.15, 0.2) is 48.5 Å². The van der Waals surface area contributed by atoms with Gasteiger partial charge in [0.1, 0.15) is 11.9 Å². The fourth-order valence-corrected chi connectivity index (χ4v) is 3.05. The van der Waals surface area contributed by atoms with Gasteiger partial charge in [-0.3, -0.25) is 4.79 Å². The van der Waals surface area contributed by atoms with Gasteiger partial charge in [-0.2, -0.15) is 0 Å². The van der Waals surface area contributed by atoms with E-state index in [4.69, 9.17) is 5.73 Å². The topological polar surface area (TPSA) is 92.5 Å². The predicted molar refractivity (Wildman–Crippen MR) is 94.7 cm³/mol. The standard InChI is InChI=1S/C17H20FN3O3S/c1-21(2)25(23,24)11-12-3-9-15(10-4-12)20-16(17(19)22)13-5-7-14(18)8-6-13/h3-10,16,20H,11H2,1-2H3,(H2,19,22). The van der Waals surface area contributed by atoms with Crippen LogP contribution in [0.25, 0.3) is 0 Å². The number of hydrogen-bond donors (Lipinski definition) is 2. The molecule has 1 atom stereocenters. The van der Waals surface area contributed by atoms with Gasteiger partial charge in [-0.05, 0) is 35.4 Å². The first-order valence-electron chi connectivity index (χ1n) is 7.49. The number of benzene rings is 2. The molecule has 0 heterocycles. The molecule has 2 rings (SSSR count). The number of sulfonamides is 1. The molecule has 0 aromatic heterocycles. The maximum Gasteiger partial charge on any atom is 0.244 e. The maximum atomic E-state index is 13.0. The zero-order chi connectivity index (χ0) is 18.6. The first-order valence-corrected chi connectivity index (χ1v) is 9.10. The summed E-state index contributed by atoms with van der Waals surface area (Å²) in [6.45, 7) is 0. The number of amides is 1. The molecule has 0 aliphatic carbocycles. The lowest BCUT2D eigenvalue weighted by Crippen LogP contribution is -2.27. The molecule has 8 heteroatoms. The van der Waals surface area contributed by atoms with Crippen molar-refractivity contribution in [1.82, 2.24) is 4.31 Å². The summed E-state index contributed by atoms with van der Waals surface area (Å²) >= 11 is 0. The summed E-state index contributed by atoms with van der Waals surface area (Å²) in [5.74, 6) is -1.12. The Morgan fingerprint density at radius 1 is 1.12 bits per heavy atom. The van der Waals surface area contributed by atoms with Gasteiger partial charge >= 0.3 is 0 Å². The van der Waals surface area contributed by atoms with Crippen molar-refractivity contribution in [3.8, 4) is 0 Å². The Labute approximate surface area is 146 Å². The quantitative estimate of drug-likeness (QED) is 0.783. The van der Waals surface area contributed by atoms with Crippen molar-refractivity contribution in [3.05, 3.63) is 65.5 Å². The van der Waals surface area contributed by atoms with Crippen LogP contribution in [-0.2, 0) is 20.6 Å². The van der Waals surface area contributed by atoms with Crippen molar-refractivity contribution >= 4 is 21.6 Å². The van der Waals surface area contributed by atoms with Crippen LogP contribution < -0.4 is 11.1 Å². The molecular formula is C17H20FN3O3S. The van der Waals surface area contributed by atoms with Crippen molar-refractivity contribution in [1.29, 1.82) is 0 Å². The lowest BCUT2D eigenvalue weighted by molar-refractivity contribution is -0.118. The van der Waals surface area contributed by atoms with Gasteiger partial charge in [-0.15, -0.1) is 0 Å². The predicted octanol–water partition coefficient (Wildman–Crippen LogP) is 1.86. The first-order chi connectivity index (χ1) is 11.7. The molecule has 0 spiro atoms. The van der Waals surface area contributed by atoms with Crippen LogP contribution in [0, 0.1) is 5.82 Å². The van der Waals surface area contributed by atoms with E-state index in [1.54, 1.807) is 24.3 Å². The molecule has 1 unspecified atom stereocenters. The van der Waals surface area contributed by atoms with Gasteiger partial charge in [-0.25, -0.2) is 17.1 Å². The largest absolute Gasteiger partial charge is 0.370 e. The van der Waals surface area contributed by atoms with E-state index in [0.717, 1.165) is 4.31 Å². The van der Waals surface area contributed by atoms with Crippen molar-refractivity contribution in [2.75, 3.05) is 19.4 Å². The Balaban J connectivity index is 2.15. The molecular weight excluding hydrogens is 345 g/mol. The van der Waals surface area contributed by atoms with Crippen molar-refractivity contribution in [3.63, 3.8) is 0 Å². The van der Waals surface area contributed by atoms with Crippen LogP contribution in [0.5, 0.6) is 0 Å². The summed E-state index contributed by atoms with van der Waals surface area (Å²) in [6, 6.07) is 11.3. The van der Waals surface area contributed by atoms with Gasteiger partial charge in [-0.1, -0.05) is 24.3 Å². The van der Waals surface area contributed by atoms with Gasteiger partial charge in [0.05, 0.1) is 5.75 Å². The SMILES string of the molecule is CN(C)S(=O)(=O)Cc1ccc(NC(C(N)=O)c2ccc(F)cc2)cc1. The Hall–Kier alpha value is -2.45. The monoisotopic (exact) mass is 365 g/mol. The number of primary amides is 1. The minimum Gasteiger partial charge on any atom is -0.370 e. The van der Waals surface area contributed by atoms with Crippen LogP contribution >= 0.6 is 0 Å². The second-order valence-electron chi connectivity index (χ2n) is 5.77. The van der Waals surface area contributed by atoms with Crippen LogP contribution in [-0.4, -0.2) is 32.7 Å². The normalized spacial score (nSPS) is 12.8. The number of nitrogens with zero attached hydrogens (tertiary/aromatic N) is 1. The second kappa shape index (κ2) is 7.62. The van der Waals surface area contributed by atoms with Crippen LogP contribution in [0.1, 0.15) is 17.2 Å². The Morgan fingerprint density at radius 3 is 2.16 bits per heavy atom. The molecule has 0 aliphatic heterocycles. The van der Waals surface area contributed by atoms with E-state index in [-0.39, 0.29) is 5.75 Å². The van der Waals surface area contributed by atoms with Crippen LogP contribution in [0.4, 0.5) is 10.1 Å². The van der Waals surface area contributed by atoms with Crippen molar-refractivity contribution < 1.29 is 17.6 Å². The molecule has 0 saturated heterocycles. The lowest BCUT2D eigenvalue weighted by Gasteiger charge is -2.17. The van der Waals surface area contributed by atoms with E-state index in [1.165, 1.54) is 38.4 Å². The zero-order valence-electron chi connectivity index (χ0n) is 13.9. The second-order valence-corrected chi connectivity index (χ2v) is 7.95. The van der Waals surface area contributed by atoms with E-state index in [2.05, 4.69) is 5.32 Å². The fraction of sp³-hybridized carbons (Fsp3) is 0.235. The van der Waals surface area contributed by atoms with E-state index < -0.39 is 27.8 Å². The number of anilines is 1. The molecule has 134 valence electrons. The third-order valence-corrected chi connectivity index (χ3v) is 5.47. The highest BCUT2D eigenvalue weighted by Gasteiger charge is 2.18. The molecule has 1 amide bonds. The number of rotatable bonds is 7. The molecule has 3 N–H and O–H groups in total. The number of nitrogens with one attached hydrogen (secondary N) is 1. The summed E-state index contributed by atoms with van der Waals surface area (Å²) in [6.07, 6.45) is 0. The van der Waals surface area contributed by atoms with Gasteiger partial charge in [0.2, 0.25) is 15.9 Å². The lowest BCUT2D eigenvalue weighted by atomic mass is 10.1. The molecule has 0 bridgehead atoms. The molecule has 6 nitrogen and oxygen atoms in total. The number of carbonyl (C=O) groups is 1. The number of halogens is 1. The average molecular weight is 365 g/mol. The van der Waals surface area contributed by atoms with Crippen molar-refractivity contribution in [2.45, 2.75) is 11.8 Å². The molecule has 2 aromatic carbocycles. The van der Waals surface area contributed by atoms with E-state index >= 15 is 0 Å². The Kier molecular flexibility index (Phi) is 5.76. The maximum absolute atomic E-state index is 13.0. The summed E-state index contributed by atoms with van der Waals surface area (Å²) in [4.78, 5) is 11.7. The molecule has 0 radical (unpaired) electrons. The first kappa shape index (κ1) is 18.9. The molecule has 2 aromatic rings. The minimum atomic E-state index is -3.34. The number of hydrogen-bond acceptors (Lipinski definition) is 4. The number of nitrogens with two attached hydrogens (primary N) is 1. The molecule has 0 aliphatic rings. The van der Waals surface area contributed by atoms with E-state index in [0.29, 0.717) is 16.8 Å². The zero-order valence-corrected chi connectivity index (χ0v) is 14.8. The van der Waals surface area contributed by atoms with E-state index in [1.807, 2.05) is 0 Å². The van der Waals surface area contributed by atoms with E-state index in [9.17, 15) is 17.6 Å². The van der Waals surface area contributed by atoms with Crippen LogP contribution in [0.2, 0.25) is 0 Å². The smallest absolute Gasteiger partial charge is 0.244 e. The highest BCUT2D eigenvalue weighted by Crippen LogP contribution is 2.21. The van der Waals surface area contributed by atoms with Crippen LogP contribution in [0.3, 0.4) is 0 Å². The Morgan fingerprint density at radius 2 is 1.68 bits per heavy atom. The minimum absolute atomic E-state index is 0.114. The number of carbonyl (C=O) groups excluding carboxylic acids is 1. The van der Waals surface area contributed by atoms with Gasteiger partial charge in [0, 0.05) is 19.8 Å². The molecule has 25 heavy (non-hydrogen) atoms. The average Bonchev–Trinajstić information content (AvgIpc) is 2.54. The van der Waals surface area contributed by atoms with Gasteiger partial charge in [0.15, 0.2) is 0 Å². The third-order valence-electron chi connectivity index (χ3n) is 3.66. The van der Waals surface area contributed by atoms with Gasteiger partial charge in [0.25, 0.3) is 0 Å². The highest BCUT2D eigenvalue weighted by atomic mass is 32.2. The summed E-state index contributed by atoms with van der Waals surface area (Å²) in [5.41, 5.74) is 7.17. The fourth-order valence-electron chi connectivity index (χ4n) is 2.18. The highest BCUT2D eigenvalue weighted by molar-refractivity contribution is 7.88. The molecule has 0 saturated carbocycles.